The van der Waals surface area contributed by atoms with Crippen LogP contribution in [0.4, 0.5) is 11.4 Å². The summed E-state index contributed by atoms with van der Waals surface area (Å²) in [6.45, 7) is 0. The van der Waals surface area contributed by atoms with Crippen molar-refractivity contribution in [3.05, 3.63) is 77.8 Å². The third-order valence-electron chi connectivity index (χ3n) is 2.95. The number of ether oxygens (including phenoxy) is 1. The van der Waals surface area contributed by atoms with Crippen molar-refractivity contribution in [1.29, 1.82) is 0 Å². The highest BCUT2D eigenvalue weighted by Crippen LogP contribution is 2.25. The molecule has 0 fully saturated rings. The Labute approximate surface area is 149 Å². The molecule has 2 aromatic rings. The van der Waals surface area contributed by atoms with E-state index in [4.69, 9.17) is 23.2 Å². The molecule has 0 radical (unpaired) electrons. The molecule has 0 heterocycles. The molecule has 0 saturated heterocycles. The third-order valence-corrected chi connectivity index (χ3v) is 3.59. The van der Waals surface area contributed by atoms with Gasteiger partial charge in [0.05, 0.1) is 31.0 Å². The van der Waals surface area contributed by atoms with Crippen molar-refractivity contribution in [3.63, 3.8) is 0 Å². The molecule has 0 amide bonds. The number of non-ortho nitro benzene ring substituents is 2. The molecule has 2 aromatic carbocycles. The average molecular weight is 385 g/mol. The van der Waals surface area contributed by atoms with Gasteiger partial charge in [0.25, 0.3) is 11.4 Å². The summed E-state index contributed by atoms with van der Waals surface area (Å²) in [6, 6.07) is 5.99. The van der Waals surface area contributed by atoms with Gasteiger partial charge >= 0.3 is 11.9 Å². The first-order chi connectivity index (χ1) is 11.7. The molecule has 0 unspecified atom stereocenters. The lowest BCUT2D eigenvalue weighted by Crippen LogP contribution is -2.14. The van der Waals surface area contributed by atoms with E-state index in [1.54, 1.807) is 0 Å². The van der Waals surface area contributed by atoms with Crippen molar-refractivity contribution in [2.24, 2.45) is 0 Å². The van der Waals surface area contributed by atoms with Crippen LogP contribution in [0.2, 0.25) is 10.0 Å². The summed E-state index contributed by atoms with van der Waals surface area (Å²) in [5, 5.41) is 20.9. The van der Waals surface area contributed by atoms with Crippen LogP contribution >= 0.6 is 23.2 Å². The molecule has 0 aromatic heterocycles. The number of carbonyl (C=O) groups is 2. The number of hydrogen-bond acceptors (Lipinski definition) is 7. The SMILES string of the molecule is O=C(OC(=O)c1cc([N+](=O)[O-])ccc1Cl)c1ccc([N+](=O)[O-])cc1Cl. The molecule has 128 valence electrons. The lowest BCUT2D eigenvalue weighted by atomic mass is 10.2. The summed E-state index contributed by atoms with van der Waals surface area (Å²) in [6.07, 6.45) is 0. The molecular weight excluding hydrogens is 379 g/mol. The summed E-state index contributed by atoms with van der Waals surface area (Å²) >= 11 is 11.5. The van der Waals surface area contributed by atoms with Crippen LogP contribution in [-0.4, -0.2) is 21.8 Å². The van der Waals surface area contributed by atoms with E-state index < -0.39 is 27.5 Å². The van der Waals surface area contributed by atoms with Gasteiger partial charge in [-0.25, -0.2) is 9.59 Å². The van der Waals surface area contributed by atoms with Crippen molar-refractivity contribution in [3.8, 4) is 0 Å². The summed E-state index contributed by atoms with van der Waals surface area (Å²) in [4.78, 5) is 43.9. The number of esters is 2. The highest BCUT2D eigenvalue weighted by atomic mass is 35.5. The average Bonchev–Trinajstić information content (AvgIpc) is 2.54. The van der Waals surface area contributed by atoms with E-state index in [1.807, 2.05) is 0 Å². The number of nitro benzene ring substituents is 2. The molecular formula is C14H6Cl2N2O7. The van der Waals surface area contributed by atoms with E-state index in [1.165, 1.54) is 0 Å². The Morgan fingerprint density at radius 3 is 1.88 bits per heavy atom. The van der Waals surface area contributed by atoms with E-state index in [0.717, 1.165) is 36.4 Å². The summed E-state index contributed by atoms with van der Waals surface area (Å²) in [7, 11) is 0. The highest BCUT2D eigenvalue weighted by molar-refractivity contribution is 6.35. The van der Waals surface area contributed by atoms with Gasteiger partial charge in [0.1, 0.15) is 0 Å². The summed E-state index contributed by atoms with van der Waals surface area (Å²) < 4.78 is 4.58. The fourth-order valence-electron chi connectivity index (χ4n) is 1.76. The van der Waals surface area contributed by atoms with Gasteiger partial charge in [0, 0.05) is 24.3 Å². The van der Waals surface area contributed by atoms with E-state index in [-0.39, 0.29) is 26.9 Å². The van der Waals surface area contributed by atoms with Crippen LogP contribution in [0.15, 0.2) is 36.4 Å². The molecule has 0 saturated carbocycles. The van der Waals surface area contributed by atoms with Gasteiger partial charge in [-0.2, -0.15) is 0 Å². The van der Waals surface area contributed by atoms with Crippen LogP contribution in [0.5, 0.6) is 0 Å². The molecule has 0 aliphatic heterocycles. The second-order valence-electron chi connectivity index (χ2n) is 4.52. The van der Waals surface area contributed by atoms with Gasteiger partial charge in [-0.1, -0.05) is 23.2 Å². The number of benzene rings is 2. The molecule has 0 atom stereocenters. The second-order valence-corrected chi connectivity index (χ2v) is 5.33. The molecule has 9 nitrogen and oxygen atoms in total. The Kier molecular flexibility index (Phi) is 5.30. The Morgan fingerprint density at radius 1 is 0.800 bits per heavy atom. The standard InChI is InChI=1S/C14H6Cl2N2O7/c15-11-4-2-7(17(21)22)5-10(11)14(20)25-13(19)9-3-1-8(18(23)24)6-12(9)16/h1-6H. The van der Waals surface area contributed by atoms with Crippen LogP contribution < -0.4 is 0 Å². The zero-order valence-electron chi connectivity index (χ0n) is 12.0. The third kappa shape index (κ3) is 4.08. The first kappa shape index (κ1) is 18.3. The first-order valence-electron chi connectivity index (χ1n) is 6.35. The number of hydrogen-bond donors (Lipinski definition) is 0. The van der Waals surface area contributed by atoms with Crippen molar-refractivity contribution in [1.82, 2.24) is 0 Å². The highest BCUT2D eigenvalue weighted by Gasteiger charge is 2.23. The summed E-state index contributed by atoms with van der Waals surface area (Å²) in [5.74, 6) is -2.42. The molecule has 0 bridgehead atoms. The maximum atomic E-state index is 12.0. The Hall–Kier alpha value is -3.04. The van der Waals surface area contributed by atoms with Gasteiger partial charge in [-0.05, 0) is 12.1 Å². The minimum atomic E-state index is -1.23. The Bertz CT molecular complexity index is 914. The monoisotopic (exact) mass is 384 g/mol. The molecule has 25 heavy (non-hydrogen) atoms. The van der Waals surface area contributed by atoms with Gasteiger partial charge < -0.3 is 4.74 Å². The fraction of sp³-hybridized carbons (Fsp3) is 0. The van der Waals surface area contributed by atoms with Gasteiger partial charge in [-0.3, -0.25) is 20.2 Å². The van der Waals surface area contributed by atoms with Gasteiger partial charge in [0.15, 0.2) is 0 Å². The number of carbonyl (C=O) groups excluding carboxylic acids is 2. The lowest BCUT2D eigenvalue weighted by Gasteiger charge is -2.06. The normalized spacial score (nSPS) is 10.2. The van der Waals surface area contributed by atoms with Crippen LogP contribution in [0.1, 0.15) is 20.7 Å². The maximum absolute atomic E-state index is 12.0. The largest absolute Gasteiger partial charge is 0.386 e. The molecule has 0 aliphatic rings. The van der Waals surface area contributed by atoms with Gasteiger partial charge in [0.2, 0.25) is 0 Å². The first-order valence-corrected chi connectivity index (χ1v) is 7.10. The Balaban J connectivity index is 2.26. The number of rotatable bonds is 4. The van der Waals surface area contributed by atoms with Crippen LogP contribution in [-0.2, 0) is 4.74 Å². The maximum Gasteiger partial charge on any atom is 0.347 e. The second kappa shape index (κ2) is 7.24. The fourth-order valence-corrected chi connectivity index (χ4v) is 2.21. The van der Waals surface area contributed by atoms with Crippen molar-refractivity contribution >= 4 is 46.5 Å². The lowest BCUT2D eigenvalue weighted by molar-refractivity contribution is -0.385. The minimum Gasteiger partial charge on any atom is -0.386 e. The van der Waals surface area contributed by atoms with Crippen LogP contribution in [0, 0.1) is 20.2 Å². The van der Waals surface area contributed by atoms with Crippen LogP contribution in [0.25, 0.3) is 0 Å². The molecule has 0 N–H and O–H groups in total. The number of nitrogens with zero attached hydrogens (tertiary/aromatic N) is 2. The topological polar surface area (TPSA) is 130 Å². The van der Waals surface area contributed by atoms with E-state index in [9.17, 15) is 29.8 Å². The molecule has 0 spiro atoms. The zero-order chi connectivity index (χ0) is 18.7. The Morgan fingerprint density at radius 2 is 1.32 bits per heavy atom. The van der Waals surface area contributed by atoms with Gasteiger partial charge in [-0.15, -0.1) is 0 Å². The summed E-state index contributed by atoms with van der Waals surface area (Å²) in [5.41, 5.74) is -1.45. The van der Waals surface area contributed by atoms with E-state index in [0.29, 0.717) is 0 Å². The van der Waals surface area contributed by atoms with E-state index >= 15 is 0 Å². The smallest absolute Gasteiger partial charge is 0.347 e. The van der Waals surface area contributed by atoms with Crippen molar-refractivity contribution in [2.75, 3.05) is 0 Å². The molecule has 0 aliphatic carbocycles. The van der Waals surface area contributed by atoms with Crippen LogP contribution in [0.3, 0.4) is 0 Å². The molecule has 11 heteroatoms. The number of halogens is 2. The quantitative estimate of drug-likeness (QED) is 0.339. The predicted octanol–water partition coefficient (Wildman–Crippen LogP) is 3.81. The minimum absolute atomic E-state index is 0.154. The number of nitro groups is 2. The van der Waals surface area contributed by atoms with E-state index in [2.05, 4.69) is 4.74 Å². The zero-order valence-corrected chi connectivity index (χ0v) is 13.5. The van der Waals surface area contributed by atoms with Crippen molar-refractivity contribution in [2.45, 2.75) is 0 Å². The molecule has 2 rings (SSSR count). The predicted molar refractivity (Wildman–Crippen MR) is 86.0 cm³/mol. The van der Waals surface area contributed by atoms with Crippen molar-refractivity contribution < 1.29 is 24.2 Å².